The lowest BCUT2D eigenvalue weighted by Crippen LogP contribution is -2.14. The molecule has 2 aromatic carbocycles. The van der Waals surface area contributed by atoms with Crippen LogP contribution in [-0.4, -0.2) is 6.54 Å². The zero-order valence-electron chi connectivity index (χ0n) is 9.95. The monoisotopic (exact) mass is 223 g/mol. The van der Waals surface area contributed by atoms with Gasteiger partial charge in [-0.15, -0.1) is 12.3 Å². The van der Waals surface area contributed by atoms with Gasteiger partial charge in [-0.25, -0.2) is 0 Å². The van der Waals surface area contributed by atoms with E-state index in [-0.39, 0.29) is 0 Å². The van der Waals surface area contributed by atoms with Gasteiger partial charge in [0.2, 0.25) is 0 Å². The van der Waals surface area contributed by atoms with Crippen molar-refractivity contribution in [1.82, 2.24) is 5.32 Å². The molecule has 0 bridgehead atoms. The third-order valence-electron chi connectivity index (χ3n) is 2.82. The first-order valence-corrected chi connectivity index (χ1v) is 6.02. The fraction of sp³-hybridized carbons (Fsp3) is 0.250. The summed E-state index contributed by atoms with van der Waals surface area (Å²) < 4.78 is 0. The zero-order chi connectivity index (χ0) is 11.9. The number of terminal acetylenes is 1. The number of benzene rings is 2. The lowest BCUT2D eigenvalue weighted by Gasteiger charge is -2.05. The molecular formula is C16H17N. The van der Waals surface area contributed by atoms with Crippen molar-refractivity contribution in [1.29, 1.82) is 0 Å². The number of hydrogen-bond acceptors (Lipinski definition) is 1. The SMILES string of the molecule is C#CCCCNCc1ccc2ccccc2c1. The van der Waals surface area contributed by atoms with Gasteiger partial charge < -0.3 is 5.32 Å². The molecule has 0 fully saturated rings. The van der Waals surface area contributed by atoms with Gasteiger partial charge in [-0.2, -0.15) is 0 Å². The van der Waals surface area contributed by atoms with E-state index in [1.807, 2.05) is 0 Å². The van der Waals surface area contributed by atoms with E-state index < -0.39 is 0 Å². The zero-order valence-corrected chi connectivity index (χ0v) is 9.95. The van der Waals surface area contributed by atoms with Crippen LogP contribution in [0.2, 0.25) is 0 Å². The predicted molar refractivity (Wildman–Crippen MR) is 73.7 cm³/mol. The standard InChI is InChI=1S/C16H17N/c1-2-3-6-11-17-13-14-9-10-15-7-4-5-8-16(15)12-14/h1,4-5,7-10,12,17H,3,6,11,13H2. The number of unbranched alkanes of at least 4 members (excludes halogenated alkanes) is 1. The van der Waals surface area contributed by atoms with Crippen molar-refractivity contribution in [3.63, 3.8) is 0 Å². The normalized spacial score (nSPS) is 10.3. The lowest BCUT2D eigenvalue weighted by atomic mass is 10.1. The van der Waals surface area contributed by atoms with E-state index in [9.17, 15) is 0 Å². The van der Waals surface area contributed by atoms with Crippen molar-refractivity contribution < 1.29 is 0 Å². The van der Waals surface area contributed by atoms with Crippen LogP contribution >= 0.6 is 0 Å². The Morgan fingerprint density at radius 2 is 1.88 bits per heavy atom. The molecule has 86 valence electrons. The maximum absolute atomic E-state index is 5.21. The van der Waals surface area contributed by atoms with Crippen LogP contribution in [0.3, 0.4) is 0 Å². The Morgan fingerprint density at radius 1 is 1.06 bits per heavy atom. The second-order valence-electron chi connectivity index (χ2n) is 4.17. The van der Waals surface area contributed by atoms with Gasteiger partial charge in [-0.05, 0) is 35.4 Å². The average molecular weight is 223 g/mol. The van der Waals surface area contributed by atoms with E-state index in [1.54, 1.807) is 0 Å². The van der Waals surface area contributed by atoms with Crippen LogP contribution in [0, 0.1) is 12.3 Å². The van der Waals surface area contributed by atoms with E-state index in [1.165, 1.54) is 16.3 Å². The fourth-order valence-corrected chi connectivity index (χ4v) is 1.90. The molecule has 0 aliphatic heterocycles. The maximum atomic E-state index is 5.21. The molecule has 0 heterocycles. The molecule has 1 heteroatoms. The Labute approximate surface area is 103 Å². The Balaban J connectivity index is 1.93. The second-order valence-corrected chi connectivity index (χ2v) is 4.17. The van der Waals surface area contributed by atoms with Crippen molar-refractivity contribution in [3.8, 4) is 12.3 Å². The summed E-state index contributed by atoms with van der Waals surface area (Å²) in [5, 5.41) is 6.00. The molecule has 2 aromatic rings. The average Bonchev–Trinajstić information content (AvgIpc) is 2.38. The van der Waals surface area contributed by atoms with Crippen molar-refractivity contribution in [2.24, 2.45) is 0 Å². The Bertz CT molecular complexity index is 522. The molecule has 2 rings (SSSR count). The first-order chi connectivity index (χ1) is 8.40. The van der Waals surface area contributed by atoms with Gasteiger partial charge in [0.1, 0.15) is 0 Å². The summed E-state index contributed by atoms with van der Waals surface area (Å²) in [6, 6.07) is 15.0. The predicted octanol–water partition coefficient (Wildman–Crippen LogP) is 3.34. The fourth-order valence-electron chi connectivity index (χ4n) is 1.90. The number of fused-ring (bicyclic) bond motifs is 1. The molecule has 1 nitrogen and oxygen atoms in total. The summed E-state index contributed by atoms with van der Waals surface area (Å²) in [4.78, 5) is 0. The van der Waals surface area contributed by atoms with Crippen molar-refractivity contribution in [2.75, 3.05) is 6.54 Å². The third kappa shape index (κ3) is 3.34. The number of hydrogen-bond donors (Lipinski definition) is 1. The van der Waals surface area contributed by atoms with Gasteiger partial charge in [0.25, 0.3) is 0 Å². The van der Waals surface area contributed by atoms with Crippen LogP contribution in [0.15, 0.2) is 42.5 Å². The smallest absolute Gasteiger partial charge is 0.0205 e. The van der Waals surface area contributed by atoms with Crippen LogP contribution < -0.4 is 5.32 Å². The first kappa shape index (κ1) is 11.7. The highest BCUT2D eigenvalue weighted by Crippen LogP contribution is 2.15. The highest BCUT2D eigenvalue weighted by molar-refractivity contribution is 5.82. The summed E-state index contributed by atoms with van der Waals surface area (Å²) in [5.74, 6) is 2.65. The molecule has 0 aromatic heterocycles. The molecule has 17 heavy (non-hydrogen) atoms. The molecule has 0 aliphatic carbocycles. The number of nitrogens with one attached hydrogen (secondary N) is 1. The quantitative estimate of drug-likeness (QED) is 0.605. The van der Waals surface area contributed by atoms with Gasteiger partial charge in [0.05, 0.1) is 0 Å². The van der Waals surface area contributed by atoms with Gasteiger partial charge in [0.15, 0.2) is 0 Å². The van der Waals surface area contributed by atoms with Crippen molar-refractivity contribution in [2.45, 2.75) is 19.4 Å². The van der Waals surface area contributed by atoms with E-state index in [0.29, 0.717) is 0 Å². The minimum Gasteiger partial charge on any atom is -0.313 e. The maximum Gasteiger partial charge on any atom is 0.0205 e. The summed E-state index contributed by atoms with van der Waals surface area (Å²) in [7, 11) is 0. The van der Waals surface area contributed by atoms with Crippen LogP contribution in [0.4, 0.5) is 0 Å². The minimum atomic E-state index is 0.852. The van der Waals surface area contributed by atoms with Crippen LogP contribution in [-0.2, 0) is 6.54 Å². The van der Waals surface area contributed by atoms with Gasteiger partial charge >= 0.3 is 0 Å². The highest BCUT2D eigenvalue weighted by atomic mass is 14.8. The topological polar surface area (TPSA) is 12.0 Å². The minimum absolute atomic E-state index is 0.852. The summed E-state index contributed by atoms with van der Waals surface area (Å²) in [6.45, 7) is 1.90. The molecule has 0 spiro atoms. The first-order valence-electron chi connectivity index (χ1n) is 6.02. The van der Waals surface area contributed by atoms with Crippen molar-refractivity contribution >= 4 is 10.8 Å². The van der Waals surface area contributed by atoms with Gasteiger partial charge in [-0.1, -0.05) is 36.4 Å². The lowest BCUT2D eigenvalue weighted by molar-refractivity contribution is 0.659. The van der Waals surface area contributed by atoms with Crippen molar-refractivity contribution in [3.05, 3.63) is 48.0 Å². The summed E-state index contributed by atoms with van der Waals surface area (Å²) in [6.07, 6.45) is 7.10. The Morgan fingerprint density at radius 3 is 2.71 bits per heavy atom. The Hall–Kier alpha value is -1.78. The van der Waals surface area contributed by atoms with E-state index in [0.717, 1.165) is 25.9 Å². The molecule has 0 amide bonds. The van der Waals surface area contributed by atoms with E-state index in [4.69, 9.17) is 6.42 Å². The van der Waals surface area contributed by atoms with Gasteiger partial charge in [-0.3, -0.25) is 0 Å². The van der Waals surface area contributed by atoms with Crippen LogP contribution in [0.25, 0.3) is 10.8 Å². The molecule has 0 saturated heterocycles. The molecular weight excluding hydrogens is 206 g/mol. The molecule has 0 radical (unpaired) electrons. The van der Waals surface area contributed by atoms with Crippen LogP contribution in [0.1, 0.15) is 18.4 Å². The van der Waals surface area contributed by atoms with E-state index >= 15 is 0 Å². The molecule has 0 unspecified atom stereocenters. The van der Waals surface area contributed by atoms with Crippen LogP contribution in [0.5, 0.6) is 0 Å². The Kier molecular flexibility index (Phi) is 4.18. The summed E-state index contributed by atoms with van der Waals surface area (Å²) in [5.41, 5.74) is 1.32. The largest absolute Gasteiger partial charge is 0.313 e. The summed E-state index contributed by atoms with van der Waals surface area (Å²) >= 11 is 0. The second kappa shape index (κ2) is 6.08. The van der Waals surface area contributed by atoms with Gasteiger partial charge in [0, 0.05) is 13.0 Å². The molecule has 0 atom stereocenters. The highest BCUT2D eigenvalue weighted by Gasteiger charge is 1.95. The number of rotatable bonds is 5. The molecule has 0 saturated carbocycles. The molecule has 1 N–H and O–H groups in total. The molecule has 0 aliphatic rings. The third-order valence-corrected chi connectivity index (χ3v) is 2.82. The van der Waals surface area contributed by atoms with E-state index in [2.05, 4.69) is 53.7 Å².